The van der Waals surface area contributed by atoms with Crippen molar-refractivity contribution in [3.8, 4) is 17.2 Å². The van der Waals surface area contributed by atoms with Gasteiger partial charge in [0, 0.05) is 46.5 Å². The molecule has 11 N–H and O–H groups in total. The van der Waals surface area contributed by atoms with E-state index in [1.807, 2.05) is 246 Å². The number of aryl methyl sites for hydroxylation is 1. The van der Waals surface area contributed by atoms with Crippen LogP contribution in [0.5, 0.6) is 0 Å². The minimum atomic E-state index is -1.29. The van der Waals surface area contributed by atoms with E-state index in [1.165, 1.54) is 78.1 Å². The van der Waals surface area contributed by atoms with Gasteiger partial charge >= 0.3 is 0 Å². The van der Waals surface area contributed by atoms with Gasteiger partial charge in [0.05, 0.1) is 53.4 Å². The van der Waals surface area contributed by atoms with Crippen LogP contribution >= 0.6 is 0 Å². The van der Waals surface area contributed by atoms with Gasteiger partial charge < -0.3 is 34.0 Å². The Labute approximate surface area is 819 Å². The Balaban J connectivity index is 0.000000141. The van der Waals surface area contributed by atoms with Gasteiger partial charge in [-0.05, 0) is 189 Å². The molecule has 5 aliphatic heterocycles. The molecule has 18 rings (SSSR count). The molecule has 5 atom stereocenters. The quantitative estimate of drug-likeness (QED) is 0.0524. The van der Waals surface area contributed by atoms with Crippen LogP contribution in [-0.2, 0) is 82.6 Å². The molecule has 0 unspecified atom stereocenters. The summed E-state index contributed by atoms with van der Waals surface area (Å²) in [6.07, 6.45) is 2.69. The first-order valence-corrected chi connectivity index (χ1v) is 46.0. The molecule has 12 aromatic carbocycles. The van der Waals surface area contributed by atoms with E-state index in [2.05, 4.69) is 84.1 Å². The molecule has 141 heavy (non-hydrogen) atoms. The molecule has 0 saturated carbocycles. The molecule has 0 fully saturated rings. The summed E-state index contributed by atoms with van der Waals surface area (Å²) < 4.78 is 43.5. The Morgan fingerprint density at radius 2 is 0.830 bits per heavy atom. The third kappa shape index (κ3) is 21.1. The van der Waals surface area contributed by atoms with Gasteiger partial charge in [0.15, 0.2) is 40.9 Å². The zero-order chi connectivity index (χ0) is 101. The number of carbonyl (C=O) groups excluding carboxylic acids is 6. The van der Waals surface area contributed by atoms with Gasteiger partial charge in [0.25, 0.3) is 17.7 Å². The number of amides is 6. The number of benzene rings is 12. The number of nitrogens with two attached hydrogens (primary N) is 5. The van der Waals surface area contributed by atoms with Crippen molar-refractivity contribution < 1.29 is 41.9 Å². The van der Waals surface area contributed by atoms with Crippen molar-refractivity contribution in [2.75, 3.05) is 26.5 Å². The number of nitrogens with one attached hydrogen (secondary N) is 1. The largest absolute Gasteiger partial charge is 0.369 e. The summed E-state index contributed by atoms with van der Waals surface area (Å²) >= 11 is 0. The number of hydrogen-bond acceptors (Lipinski definition) is 18. The highest BCUT2D eigenvalue weighted by Gasteiger charge is 2.54. The fraction of sp³-hybridized carbons (Fsp3) is 0.230. The second-order valence-corrected chi connectivity index (χ2v) is 37.8. The molecule has 13 aromatic rings. The van der Waals surface area contributed by atoms with Crippen molar-refractivity contribution in [3.05, 3.63) is 429 Å². The molecular weight excluding hydrogens is 1780 g/mol. The van der Waals surface area contributed by atoms with Crippen molar-refractivity contribution >= 4 is 70.9 Å². The van der Waals surface area contributed by atoms with Crippen LogP contribution in [0.2, 0.25) is 0 Å². The van der Waals surface area contributed by atoms with Gasteiger partial charge in [0.1, 0.15) is 28.5 Å². The van der Waals surface area contributed by atoms with E-state index in [0.29, 0.717) is 41.8 Å². The lowest BCUT2D eigenvalue weighted by atomic mass is 9.74. The lowest BCUT2D eigenvalue weighted by Crippen LogP contribution is -2.52. The number of carbonyl (C=O) groups is 6. The molecule has 0 aliphatic carbocycles. The number of rotatable bonds is 16. The van der Waals surface area contributed by atoms with E-state index >= 15 is 0 Å². The van der Waals surface area contributed by atoms with Crippen LogP contribution in [-0.4, -0.2) is 121 Å². The molecule has 5 aliphatic rings. The zero-order valence-electron chi connectivity index (χ0n) is 80.9. The van der Waals surface area contributed by atoms with E-state index in [1.54, 1.807) is 86.6 Å². The fourth-order valence-corrected chi connectivity index (χ4v) is 18.0. The first kappa shape index (κ1) is 100. The summed E-state index contributed by atoms with van der Waals surface area (Å²) in [5.74, 6) is -3.01. The predicted molar refractivity (Wildman–Crippen MR) is 545 cm³/mol. The molecule has 6 amide bonds. The average Bonchev–Trinajstić information content (AvgIpc) is 1.64. The summed E-state index contributed by atoms with van der Waals surface area (Å²) in [7, 11) is 6.72. The number of guanidine groups is 5. The molecule has 0 spiro atoms. The van der Waals surface area contributed by atoms with Gasteiger partial charge in [-0.25, -0.2) is 38.1 Å². The SMILES string of the molecule is CN1C(=O)CC[C@@](C)(c2cccc(-c3cccc(C#N)c3)c2)N=C1N.CN1C(=O)[C@@H](c2ccc(C(C)(C)C)cc2)[C@@](C)(c2cccc(F)c2)N=C1N.CN1C(=O)[C@H](c2ccc(C(C)(C)C)cc2)[C@@](C)(c2cccc(F)c2)N=C1N.Cn1nccc1CN1C(=O)C(c2ccccc2)(c2ccccc2)N=C1N.NC1=NC(c2ccccc2)(c2ccccc2)C(=O)N1Cc1cccc(NC(=O)c2ccccc2F)c1. The smallest absolute Gasteiger partial charge is 0.266 e. The van der Waals surface area contributed by atoms with E-state index in [9.17, 15) is 41.9 Å². The zero-order valence-corrected chi connectivity index (χ0v) is 80.9. The van der Waals surface area contributed by atoms with Crippen LogP contribution < -0.4 is 34.0 Å². The highest BCUT2D eigenvalue weighted by atomic mass is 19.1. The summed E-state index contributed by atoms with van der Waals surface area (Å²) in [4.78, 5) is 109. The minimum Gasteiger partial charge on any atom is -0.369 e. The summed E-state index contributed by atoms with van der Waals surface area (Å²) in [5, 5.41) is 16.0. The Kier molecular flexibility index (Phi) is 29.4. The molecule has 0 bridgehead atoms. The van der Waals surface area contributed by atoms with Crippen LogP contribution in [0.15, 0.2) is 353 Å². The summed E-state index contributed by atoms with van der Waals surface area (Å²) in [6.45, 7) is 19.0. The first-order valence-electron chi connectivity index (χ1n) is 46.0. The molecule has 6 heterocycles. The van der Waals surface area contributed by atoms with Crippen LogP contribution in [0, 0.1) is 28.8 Å². The van der Waals surface area contributed by atoms with Crippen LogP contribution in [0.3, 0.4) is 0 Å². The lowest BCUT2D eigenvalue weighted by molar-refractivity contribution is -0.131. The third-order valence-electron chi connectivity index (χ3n) is 26.3. The van der Waals surface area contributed by atoms with Crippen LogP contribution in [0.1, 0.15) is 175 Å². The van der Waals surface area contributed by atoms with Crippen molar-refractivity contribution in [1.82, 2.24) is 34.3 Å². The Bertz CT molecular complexity index is 6810. The number of nitrogens with zero attached hydrogens (tertiary/aromatic N) is 13. The number of halogens is 3. The predicted octanol–water partition coefficient (Wildman–Crippen LogP) is 17.5. The highest BCUT2D eigenvalue weighted by molar-refractivity contribution is 6.11. The molecule has 1 aromatic heterocycles. The number of hydrogen-bond donors (Lipinski definition) is 6. The molecular formula is C113H114F3N19O6. The molecule has 28 heteroatoms. The molecule has 0 saturated heterocycles. The Morgan fingerprint density at radius 3 is 1.26 bits per heavy atom. The maximum absolute atomic E-state index is 14.0. The monoisotopic (exact) mass is 1890 g/mol. The fourth-order valence-electron chi connectivity index (χ4n) is 18.0. The van der Waals surface area contributed by atoms with Gasteiger partial charge in [0.2, 0.25) is 17.7 Å². The number of aromatic nitrogens is 2. The van der Waals surface area contributed by atoms with Crippen molar-refractivity contribution in [2.24, 2.45) is 60.7 Å². The van der Waals surface area contributed by atoms with Crippen LogP contribution in [0.4, 0.5) is 18.9 Å². The topological polar surface area (TPSA) is 364 Å². The number of aliphatic imine (C=N–C) groups is 5. The number of nitriles is 1. The van der Waals surface area contributed by atoms with Gasteiger partial charge in [-0.3, -0.25) is 57.9 Å². The summed E-state index contributed by atoms with van der Waals surface area (Å²) in [5.41, 5.74) is 39.5. The van der Waals surface area contributed by atoms with Crippen molar-refractivity contribution in [1.29, 1.82) is 5.26 Å². The number of anilines is 1. The second kappa shape index (κ2) is 41.3. The average molecular weight is 1890 g/mol. The maximum Gasteiger partial charge on any atom is 0.266 e. The highest BCUT2D eigenvalue weighted by Crippen LogP contribution is 2.48. The number of likely N-dealkylation sites (N-methyl/N-ethyl adjacent to an activating group) is 2. The van der Waals surface area contributed by atoms with Crippen molar-refractivity contribution in [2.45, 2.75) is 139 Å². The Hall–Kier alpha value is -16.7. The summed E-state index contributed by atoms with van der Waals surface area (Å²) in [6, 6.07) is 98.6. The third-order valence-corrected chi connectivity index (χ3v) is 26.3. The van der Waals surface area contributed by atoms with E-state index in [0.717, 1.165) is 61.3 Å². The maximum atomic E-state index is 14.0. The molecule has 718 valence electrons. The van der Waals surface area contributed by atoms with E-state index in [-0.39, 0.29) is 93.9 Å². The standard InChI is InChI=1S/C29H23FN4O2.2C22H26FN3O.C20H19N5O.C20H20N4O/c30-25-17-8-7-16-24(25)26(35)32-23-15-9-10-20(18-23)19-34-27(36)29(33-28(34)31,21-11-3-1-4-12-21)22-13-5-2-6-14-22;2*1-21(2,3)15-11-9-14(10-12-15)18-19(27)26(5)20(24)25-22(18,4)16-7-6-8-17(23)13-16;1-24-17(12-13-22-24)14-25-18(26)20(23-19(25)21,15-8-4-2-5-9-15)16-10-6-3-7-11-16;1-20(10-9-18(25)24(2)19(22)23-20)17-8-4-7-16(12-17)15-6-3-5-14(11-15)13-21/h1-18H,19H2,(H2,31,33)(H,32,35);2*6-13,18H,1-5H3,(H2,24,25);2-13H,14H2,1H3,(H2,21,23);3-8,11-12H,9-10H2,1-2H3,(H2,22,23)/t;18-,22+;18-,22-;;20-/m.01.0/s1. The van der Waals surface area contributed by atoms with Crippen molar-refractivity contribution in [3.63, 3.8) is 0 Å². The normalized spacial score (nSPS) is 19.2. The first-order chi connectivity index (χ1) is 67.1. The minimum absolute atomic E-state index is 0.0142. The Morgan fingerprint density at radius 1 is 0.426 bits per heavy atom. The molecule has 25 nitrogen and oxygen atoms in total. The van der Waals surface area contributed by atoms with E-state index < -0.39 is 51.3 Å². The molecule has 0 radical (unpaired) electrons. The van der Waals surface area contributed by atoms with Gasteiger partial charge in [-0.15, -0.1) is 0 Å². The van der Waals surface area contributed by atoms with Gasteiger partial charge in [-0.1, -0.05) is 290 Å². The lowest BCUT2D eigenvalue weighted by Gasteiger charge is -2.41. The second-order valence-electron chi connectivity index (χ2n) is 37.8. The van der Waals surface area contributed by atoms with Gasteiger partial charge in [-0.2, -0.15) is 10.4 Å². The van der Waals surface area contributed by atoms with E-state index in [4.69, 9.17) is 38.9 Å². The van der Waals surface area contributed by atoms with Crippen LogP contribution in [0.25, 0.3) is 11.1 Å².